The zero-order valence-electron chi connectivity index (χ0n) is 8.61. The van der Waals surface area contributed by atoms with Gasteiger partial charge < -0.3 is 10.5 Å². The molecule has 0 aromatic carbocycles. The lowest BCUT2D eigenvalue weighted by Gasteiger charge is -2.35. The van der Waals surface area contributed by atoms with Crippen molar-refractivity contribution in [3.63, 3.8) is 0 Å². The minimum Gasteiger partial charge on any atom is -0.380 e. The van der Waals surface area contributed by atoms with Crippen LogP contribution < -0.4 is 11.1 Å². The number of alkyl halides is 3. The minimum absolute atomic E-state index is 0.0814. The predicted octanol–water partition coefficient (Wildman–Crippen LogP) is 0.891. The Hall–Kier alpha value is -0.330. The molecule has 0 radical (unpaired) electrons. The Morgan fingerprint density at radius 2 is 1.93 bits per heavy atom. The Bertz CT molecular complexity index is 174. The third kappa shape index (κ3) is 4.26. The number of rotatable bonds is 5. The van der Waals surface area contributed by atoms with E-state index in [0.717, 1.165) is 0 Å². The first kappa shape index (κ1) is 13.7. The maximum Gasteiger partial charge on any atom is 0.401 e. The summed E-state index contributed by atoms with van der Waals surface area (Å²) in [5, 5.41) is 2.36. The fraction of sp³-hybridized carbons (Fsp3) is 1.00. The van der Waals surface area contributed by atoms with Crippen LogP contribution in [0.4, 0.5) is 13.2 Å². The number of hydrogen-bond donors (Lipinski definition) is 2. The summed E-state index contributed by atoms with van der Waals surface area (Å²) >= 11 is 0. The van der Waals surface area contributed by atoms with Gasteiger partial charge in [0.1, 0.15) is 0 Å². The Morgan fingerprint density at radius 3 is 2.21 bits per heavy atom. The van der Waals surface area contributed by atoms with E-state index in [2.05, 4.69) is 5.32 Å². The molecule has 0 heterocycles. The molecule has 0 fully saturated rings. The molecule has 0 aliphatic heterocycles. The summed E-state index contributed by atoms with van der Waals surface area (Å²) in [6.07, 6.45) is -4.61. The Balaban J connectivity index is 4.26. The number of hydrogen-bond acceptors (Lipinski definition) is 3. The standard InChI is InChI=1S/C8H17F3N2O/c1-6(14-3)7(2,4-12)13-5-8(9,10)11/h6,13H,4-5,12H2,1-3H3. The smallest absolute Gasteiger partial charge is 0.380 e. The summed E-state index contributed by atoms with van der Waals surface area (Å²) in [6, 6.07) is 0. The van der Waals surface area contributed by atoms with Crippen LogP contribution in [0.15, 0.2) is 0 Å². The number of nitrogens with two attached hydrogens (primary N) is 1. The quantitative estimate of drug-likeness (QED) is 0.714. The van der Waals surface area contributed by atoms with Crippen molar-refractivity contribution in [2.24, 2.45) is 5.73 Å². The number of ether oxygens (including phenoxy) is 1. The van der Waals surface area contributed by atoms with Gasteiger partial charge in [-0.2, -0.15) is 13.2 Å². The van der Waals surface area contributed by atoms with Crippen molar-refractivity contribution in [1.29, 1.82) is 0 Å². The van der Waals surface area contributed by atoms with E-state index >= 15 is 0 Å². The molecular formula is C8H17F3N2O. The lowest BCUT2D eigenvalue weighted by molar-refractivity contribution is -0.131. The Labute approximate surface area is 81.8 Å². The van der Waals surface area contributed by atoms with Crippen LogP contribution in [-0.4, -0.2) is 38.0 Å². The van der Waals surface area contributed by atoms with Crippen LogP contribution in [0.3, 0.4) is 0 Å². The summed E-state index contributed by atoms with van der Waals surface area (Å²) < 4.78 is 40.8. The number of methoxy groups -OCH3 is 1. The van der Waals surface area contributed by atoms with E-state index in [1.165, 1.54) is 7.11 Å². The van der Waals surface area contributed by atoms with Crippen LogP contribution in [0, 0.1) is 0 Å². The van der Waals surface area contributed by atoms with E-state index in [9.17, 15) is 13.2 Å². The molecule has 0 aliphatic rings. The average Bonchev–Trinajstić information content (AvgIpc) is 2.11. The molecule has 6 heteroatoms. The van der Waals surface area contributed by atoms with Gasteiger partial charge in [0.15, 0.2) is 0 Å². The van der Waals surface area contributed by atoms with Crippen molar-refractivity contribution < 1.29 is 17.9 Å². The van der Waals surface area contributed by atoms with Gasteiger partial charge >= 0.3 is 6.18 Å². The van der Waals surface area contributed by atoms with Crippen LogP contribution in [0.1, 0.15) is 13.8 Å². The molecule has 0 rings (SSSR count). The highest BCUT2D eigenvalue weighted by Gasteiger charge is 2.35. The SMILES string of the molecule is COC(C)C(C)(CN)NCC(F)(F)F. The van der Waals surface area contributed by atoms with Crippen molar-refractivity contribution in [2.75, 3.05) is 20.2 Å². The second kappa shape index (κ2) is 4.95. The monoisotopic (exact) mass is 214 g/mol. The fourth-order valence-electron chi connectivity index (χ4n) is 0.944. The zero-order valence-corrected chi connectivity index (χ0v) is 8.61. The van der Waals surface area contributed by atoms with Gasteiger partial charge in [0.05, 0.1) is 18.2 Å². The van der Waals surface area contributed by atoms with Crippen molar-refractivity contribution in [3.8, 4) is 0 Å². The van der Waals surface area contributed by atoms with Gasteiger partial charge in [0.2, 0.25) is 0 Å². The van der Waals surface area contributed by atoms with Gasteiger partial charge in [0.25, 0.3) is 0 Å². The largest absolute Gasteiger partial charge is 0.401 e. The second-order valence-corrected chi connectivity index (χ2v) is 3.47. The van der Waals surface area contributed by atoms with E-state index in [1.807, 2.05) is 0 Å². The highest BCUT2D eigenvalue weighted by atomic mass is 19.4. The molecule has 3 nitrogen and oxygen atoms in total. The third-order valence-electron chi connectivity index (χ3n) is 2.37. The van der Waals surface area contributed by atoms with Gasteiger partial charge in [-0.05, 0) is 13.8 Å². The molecule has 0 aromatic heterocycles. The van der Waals surface area contributed by atoms with Crippen molar-refractivity contribution in [3.05, 3.63) is 0 Å². The molecule has 14 heavy (non-hydrogen) atoms. The molecule has 0 spiro atoms. The van der Waals surface area contributed by atoms with Crippen LogP contribution in [-0.2, 0) is 4.74 Å². The fourth-order valence-corrected chi connectivity index (χ4v) is 0.944. The molecule has 0 saturated heterocycles. The molecule has 0 aliphatic carbocycles. The molecule has 2 atom stereocenters. The molecule has 0 saturated carbocycles. The average molecular weight is 214 g/mol. The van der Waals surface area contributed by atoms with E-state index in [0.29, 0.717) is 0 Å². The summed E-state index contributed by atoms with van der Waals surface area (Å²) in [6.45, 7) is 2.30. The molecular weight excluding hydrogens is 197 g/mol. The summed E-state index contributed by atoms with van der Waals surface area (Å²) in [5.41, 5.74) is 4.55. The molecule has 0 bridgehead atoms. The van der Waals surface area contributed by atoms with Crippen LogP contribution in [0.2, 0.25) is 0 Å². The zero-order chi connectivity index (χ0) is 11.4. The summed E-state index contributed by atoms with van der Waals surface area (Å²) in [7, 11) is 1.44. The first-order valence-electron chi connectivity index (χ1n) is 4.30. The number of nitrogens with one attached hydrogen (secondary N) is 1. The Morgan fingerprint density at radius 1 is 1.43 bits per heavy atom. The lowest BCUT2D eigenvalue weighted by atomic mass is 9.96. The molecule has 0 aromatic rings. The number of halogens is 3. The Kier molecular flexibility index (Phi) is 4.83. The van der Waals surface area contributed by atoms with Gasteiger partial charge in [0, 0.05) is 13.7 Å². The van der Waals surface area contributed by atoms with E-state index in [-0.39, 0.29) is 12.6 Å². The first-order valence-corrected chi connectivity index (χ1v) is 4.30. The maximum atomic E-state index is 11.9. The van der Waals surface area contributed by atoms with Crippen LogP contribution in [0.5, 0.6) is 0 Å². The topological polar surface area (TPSA) is 47.3 Å². The summed E-state index contributed by atoms with van der Waals surface area (Å²) in [5.74, 6) is 0. The maximum absolute atomic E-state index is 11.9. The van der Waals surface area contributed by atoms with Crippen molar-refractivity contribution >= 4 is 0 Å². The third-order valence-corrected chi connectivity index (χ3v) is 2.37. The normalized spacial score (nSPS) is 19.1. The van der Waals surface area contributed by atoms with Gasteiger partial charge in [-0.1, -0.05) is 0 Å². The van der Waals surface area contributed by atoms with E-state index < -0.39 is 18.3 Å². The highest BCUT2D eigenvalue weighted by molar-refractivity contribution is 4.90. The predicted molar refractivity (Wildman–Crippen MR) is 48.0 cm³/mol. The van der Waals surface area contributed by atoms with Gasteiger partial charge in [-0.25, -0.2) is 0 Å². The molecule has 0 amide bonds. The van der Waals surface area contributed by atoms with Gasteiger partial charge in [-0.15, -0.1) is 0 Å². The summed E-state index contributed by atoms with van der Waals surface area (Å²) in [4.78, 5) is 0. The molecule has 2 unspecified atom stereocenters. The minimum atomic E-state index is -4.23. The highest BCUT2D eigenvalue weighted by Crippen LogP contribution is 2.17. The lowest BCUT2D eigenvalue weighted by Crippen LogP contribution is -2.58. The van der Waals surface area contributed by atoms with Crippen LogP contribution >= 0.6 is 0 Å². The van der Waals surface area contributed by atoms with Crippen LogP contribution in [0.25, 0.3) is 0 Å². The molecule has 3 N–H and O–H groups in total. The van der Waals surface area contributed by atoms with Crippen molar-refractivity contribution in [2.45, 2.75) is 31.7 Å². The van der Waals surface area contributed by atoms with E-state index in [4.69, 9.17) is 10.5 Å². The first-order chi connectivity index (χ1) is 6.25. The molecule has 86 valence electrons. The second-order valence-electron chi connectivity index (χ2n) is 3.47. The van der Waals surface area contributed by atoms with Crippen molar-refractivity contribution in [1.82, 2.24) is 5.32 Å². The van der Waals surface area contributed by atoms with Gasteiger partial charge in [-0.3, -0.25) is 5.32 Å². The van der Waals surface area contributed by atoms with E-state index in [1.54, 1.807) is 13.8 Å².